The Labute approximate surface area is 107 Å². The van der Waals surface area contributed by atoms with Crippen LogP contribution in [0.4, 0.5) is 0 Å². The average molecular weight is 255 g/mol. The smallest absolute Gasteiger partial charge is 0.228 e. The van der Waals surface area contributed by atoms with Gasteiger partial charge in [0.15, 0.2) is 0 Å². The average Bonchev–Trinajstić information content (AvgIpc) is 2.80. The first kappa shape index (κ1) is 11.8. The van der Waals surface area contributed by atoms with Gasteiger partial charge in [-0.1, -0.05) is 0 Å². The number of thioether (sulfide) groups is 1. The third-order valence-electron chi connectivity index (χ3n) is 4.18. The van der Waals surface area contributed by atoms with Gasteiger partial charge in [-0.15, -0.1) is 0 Å². The molecule has 3 heterocycles. The Morgan fingerprint density at radius 1 is 1.18 bits per heavy atom. The highest BCUT2D eigenvalue weighted by atomic mass is 32.2. The summed E-state index contributed by atoms with van der Waals surface area (Å²) < 4.78 is 0. The maximum Gasteiger partial charge on any atom is 0.228 e. The van der Waals surface area contributed by atoms with E-state index >= 15 is 0 Å². The van der Waals surface area contributed by atoms with E-state index in [1.54, 1.807) is 0 Å². The number of amides is 1. The second-order valence-electron chi connectivity index (χ2n) is 5.23. The number of nitrogens with zero attached hydrogens (tertiary/aromatic N) is 2. The zero-order valence-electron chi connectivity index (χ0n) is 10.2. The number of hydrogen-bond acceptors (Lipinski definition) is 4. The van der Waals surface area contributed by atoms with Crippen LogP contribution in [0.5, 0.6) is 0 Å². The molecule has 3 saturated heterocycles. The second kappa shape index (κ2) is 5.16. The largest absolute Gasteiger partial charge is 0.340 e. The van der Waals surface area contributed by atoms with E-state index in [0.29, 0.717) is 5.91 Å². The van der Waals surface area contributed by atoms with E-state index in [2.05, 4.69) is 26.9 Å². The van der Waals surface area contributed by atoms with Crippen LogP contribution in [0.3, 0.4) is 0 Å². The van der Waals surface area contributed by atoms with Crippen LogP contribution in [0.15, 0.2) is 0 Å². The van der Waals surface area contributed by atoms with Crippen LogP contribution in [0.2, 0.25) is 0 Å². The van der Waals surface area contributed by atoms with Gasteiger partial charge in [-0.25, -0.2) is 0 Å². The Morgan fingerprint density at radius 2 is 1.94 bits per heavy atom. The van der Waals surface area contributed by atoms with Crippen molar-refractivity contribution in [3.05, 3.63) is 0 Å². The Kier molecular flexibility index (Phi) is 3.59. The molecule has 0 spiro atoms. The summed E-state index contributed by atoms with van der Waals surface area (Å²) in [7, 11) is 0. The van der Waals surface area contributed by atoms with Crippen LogP contribution in [0.25, 0.3) is 0 Å². The summed E-state index contributed by atoms with van der Waals surface area (Å²) in [5.74, 6) is 3.26. The number of piperazine rings is 1. The van der Waals surface area contributed by atoms with Crippen LogP contribution in [0, 0.1) is 5.92 Å². The zero-order chi connectivity index (χ0) is 11.7. The maximum atomic E-state index is 12.1. The van der Waals surface area contributed by atoms with Gasteiger partial charge in [0.25, 0.3) is 0 Å². The standard InChI is InChI=1S/C12H21N3OS/c16-12(10-7-13-8-10)15-4-2-14(3-5-15)11-1-6-17-9-11/h10-11,13H,1-9H2/t11-/m1/s1. The van der Waals surface area contributed by atoms with Crippen molar-refractivity contribution in [2.45, 2.75) is 12.5 Å². The topological polar surface area (TPSA) is 35.6 Å². The number of carbonyl (C=O) groups excluding carboxylic acids is 1. The first-order chi connectivity index (χ1) is 8.34. The van der Waals surface area contributed by atoms with Crippen molar-refractivity contribution in [2.75, 3.05) is 50.8 Å². The van der Waals surface area contributed by atoms with E-state index in [1.807, 2.05) is 0 Å². The molecule has 1 N–H and O–H groups in total. The SMILES string of the molecule is O=C(C1CNC1)N1CCN([C@@H]2CCSC2)CC1. The molecule has 0 bridgehead atoms. The number of carbonyl (C=O) groups is 1. The number of rotatable bonds is 2. The molecule has 3 fully saturated rings. The fraction of sp³-hybridized carbons (Fsp3) is 0.917. The van der Waals surface area contributed by atoms with Gasteiger partial charge < -0.3 is 10.2 Å². The van der Waals surface area contributed by atoms with Crippen molar-refractivity contribution in [3.8, 4) is 0 Å². The van der Waals surface area contributed by atoms with Crippen molar-refractivity contribution < 1.29 is 4.79 Å². The Bertz CT molecular complexity index is 281. The van der Waals surface area contributed by atoms with E-state index in [4.69, 9.17) is 0 Å². The Morgan fingerprint density at radius 3 is 2.47 bits per heavy atom. The quantitative estimate of drug-likeness (QED) is 0.745. The van der Waals surface area contributed by atoms with Crippen LogP contribution >= 0.6 is 11.8 Å². The summed E-state index contributed by atoms with van der Waals surface area (Å²) in [6, 6.07) is 0.780. The minimum Gasteiger partial charge on any atom is -0.340 e. The van der Waals surface area contributed by atoms with Gasteiger partial charge >= 0.3 is 0 Å². The molecule has 0 unspecified atom stereocenters. The van der Waals surface area contributed by atoms with Crippen LogP contribution in [-0.2, 0) is 4.79 Å². The predicted molar refractivity (Wildman–Crippen MR) is 70.2 cm³/mol. The predicted octanol–water partition coefficient (Wildman–Crippen LogP) is -0.144. The monoisotopic (exact) mass is 255 g/mol. The molecule has 3 aliphatic heterocycles. The molecule has 17 heavy (non-hydrogen) atoms. The molecule has 0 radical (unpaired) electrons. The molecular weight excluding hydrogens is 234 g/mol. The molecule has 5 heteroatoms. The lowest BCUT2D eigenvalue weighted by molar-refractivity contribution is -0.139. The highest BCUT2D eigenvalue weighted by Crippen LogP contribution is 2.23. The van der Waals surface area contributed by atoms with E-state index in [0.717, 1.165) is 45.3 Å². The van der Waals surface area contributed by atoms with Gasteiger partial charge in [0.1, 0.15) is 0 Å². The highest BCUT2D eigenvalue weighted by Gasteiger charge is 2.32. The van der Waals surface area contributed by atoms with Crippen molar-refractivity contribution >= 4 is 17.7 Å². The van der Waals surface area contributed by atoms with Crippen LogP contribution in [0.1, 0.15) is 6.42 Å². The van der Waals surface area contributed by atoms with Gasteiger partial charge in [0, 0.05) is 51.1 Å². The molecule has 0 saturated carbocycles. The summed E-state index contributed by atoms with van der Waals surface area (Å²) >= 11 is 2.07. The van der Waals surface area contributed by atoms with Crippen molar-refractivity contribution in [2.24, 2.45) is 5.92 Å². The Hall–Kier alpha value is -0.260. The van der Waals surface area contributed by atoms with E-state index in [-0.39, 0.29) is 5.92 Å². The van der Waals surface area contributed by atoms with E-state index in [9.17, 15) is 4.79 Å². The molecule has 4 nitrogen and oxygen atoms in total. The second-order valence-corrected chi connectivity index (χ2v) is 6.38. The Balaban J connectivity index is 1.47. The summed E-state index contributed by atoms with van der Waals surface area (Å²) in [6.45, 7) is 5.82. The minimum absolute atomic E-state index is 0.267. The van der Waals surface area contributed by atoms with Crippen LogP contribution in [-0.4, -0.2) is 72.5 Å². The molecule has 1 amide bonds. The summed E-state index contributed by atoms with van der Waals surface area (Å²) in [4.78, 5) is 16.7. The lowest BCUT2D eigenvalue weighted by atomic mass is 10.0. The lowest BCUT2D eigenvalue weighted by Crippen LogP contribution is -2.57. The van der Waals surface area contributed by atoms with Crippen molar-refractivity contribution in [1.29, 1.82) is 0 Å². The fourth-order valence-electron chi connectivity index (χ4n) is 2.84. The van der Waals surface area contributed by atoms with Gasteiger partial charge in [0.05, 0.1) is 5.92 Å². The number of nitrogens with one attached hydrogen (secondary N) is 1. The molecule has 3 rings (SSSR count). The van der Waals surface area contributed by atoms with Gasteiger partial charge in [-0.3, -0.25) is 9.69 Å². The van der Waals surface area contributed by atoms with Crippen molar-refractivity contribution in [1.82, 2.24) is 15.1 Å². The third-order valence-corrected chi connectivity index (χ3v) is 5.32. The molecule has 3 aliphatic rings. The van der Waals surface area contributed by atoms with Crippen molar-refractivity contribution in [3.63, 3.8) is 0 Å². The first-order valence-corrected chi connectivity index (χ1v) is 7.81. The summed E-state index contributed by atoms with van der Waals surface area (Å²) in [5, 5.41) is 3.17. The maximum absolute atomic E-state index is 12.1. The van der Waals surface area contributed by atoms with Crippen LogP contribution < -0.4 is 5.32 Å². The normalized spacial score (nSPS) is 31.5. The third kappa shape index (κ3) is 2.46. The van der Waals surface area contributed by atoms with Gasteiger partial charge in [-0.2, -0.15) is 11.8 Å². The molecule has 0 aromatic heterocycles. The van der Waals surface area contributed by atoms with E-state index < -0.39 is 0 Å². The highest BCUT2D eigenvalue weighted by molar-refractivity contribution is 7.99. The summed E-state index contributed by atoms with van der Waals surface area (Å²) in [6.07, 6.45) is 1.34. The molecule has 0 aromatic rings. The fourth-order valence-corrected chi connectivity index (χ4v) is 4.09. The van der Waals surface area contributed by atoms with E-state index in [1.165, 1.54) is 17.9 Å². The molecule has 96 valence electrons. The number of hydrogen-bond donors (Lipinski definition) is 1. The zero-order valence-corrected chi connectivity index (χ0v) is 11.0. The minimum atomic E-state index is 0.267. The van der Waals surface area contributed by atoms with Gasteiger partial charge in [0.2, 0.25) is 5.91 Å². The summed E-state index contributed by atoms with van der Waals surface area (Å²) in [5.41, 5.74) is 0. The molecular formula is C12H21N3OS. The molecule has 0 aliphatic carbocycles. The first-order valence-electron chi connectivity index (χ1n) is 6.66. The lowest BCUT2D eigenvalue weighted by Gasteiger charge is -2.40. The molecule has 1 atom stereocenters. The van der Waals surface area contributed by atoms with Gasteiger partial charge in [-0.05, 0) is 12.2 Å². The molecule has 0 aromatic carbocycles.